The van der Waals surface area contributed by atoms with Gasteiger partial charge >= 0.3 is 0 Å². The predicted octanol–water partition coefficient (Wildman–Crippen LogP) is 5.19. The summed E-state index contributed by atoms with van der Waals surface area (Å²) in [4.78, 5) is 6.92. The van der Waals surface area contributed by atoms with Crippen LogP contribution in [0.25, 0.3) is 0 Å². The van der Waals surface area contributed by atoms with Crippen LogP contribution in [0.15, 0.2) is 42.5 Å². The molecule has 1 N–H and O–H groups in total. The van der Waals surface area contributed by atoms with E-state index in [1.54, 1.807) is 7.11 Å². The Morgan fingerprint density at radius 3 is 2.57 bits per heavy atom. The van der Waals surface area contributed by atoms with Crippen molar-refractivity contribution in [1.82, 2.24) is 0 Å². The van der Waals surface area contributed by atoms with Gasteiger partial charge in [0.1, 0.15) is 5.75 Å². The van der Waals surface area contributed by atoms with Gasteiger partial charge in [-0.1, -0.05) is 30.3 Å². The van der Waals surface area contributed by atoms with Crippen LogP contribution < -0.4 is 9.18 Å². The molecule has 0 aromatic heterocycles. The van der Waals surface area contributed by atoms with Crippen LogP contribution in [0.5, 0.6) is 5.75 Å². The van der Waals surface area contributed by atoms with Crippen molar-refractivity contribution in [2.24, 2.45) is 0 Å². The lowest BCUT2D eigenvalue weighted by molar-refractivity contribution is 0.414. The van der Waals surface area contributed by atoms with Gasteiger partial charge in [-0.25, -0.2) is 0 Å². The molecule has 0 amide bonds. The highest BCUT2D eigenvalue weighted by atomic mass is 31.8. The van der Waals surface area contributed by atoms with Gasteiger partial charge in [0.25, 0.3) is 0 Å². The zero-order valence-electron chi connectivity index (χ0n) is 13.0. The summed E-state index contributed by atoms with van der Waals surface area (Å²) in [5.41, 5.74) is 5.91. The Morgan fingerprint density at radius 1 is 1.13 bits per heavy atom. The zero-order valence-corrected chi connectivity index (χ0v) is 16.0. The molecule has 4 rings (SSSR count). The fraction of sp³-hybridized carbons (Fsp3) is 0.294. The van der Waals surface area contributed by atoms with Crippen molar-refractivity contribution < 1.29 is 9.63 Å². The van der Waals surface area contributed by atoms with Crippen LogP contribution in [0.3, 0.4) is 0 Å². The minimum absolute atomic E-state index is 0.631. The summed E-state index contributed by atoms with van der Waals surface area (Å²) in [6, 6.07) is 15.5. The normalized spacial score (nSPS) is 19.3. The smallest absolute Gasteiger partial charge is 0.120 e. The Morgan fingerprint density at radius 2 is 1.87 bits per heavy atom. The lowest BCUT2D eigenvalue weighted by Crippen LogP contribution is -2.13. The van der Waals surface area contributed by atoms with Crippen LogP contribution >= 0.6 is 25.5 Å². The van der Waals surface area contributed by atoms with Crippen molar-refractivity contribution in [1.29, 1.82) is 0 Å². The van der Waals surface area contributed by atoms with Crippen molar-refractivity contribution in [3.63, 3.8) is 0 Å². The molecule has 2 aliphatic rings. The van der Waals surface area contributed by atoms with E-state index < -0.39 is 0 Å². The molecular formula is C17H20NO2P3. The van der Waals surface area contributed by atoms with Gasteiger partial charge in [-0.2, -0.15) is 0 Å². The molecule has 0 fully saturated rings. The molecule has 1 heterocycles. The second-order valence-corrected chi connectivity index (χ2v) is 8.15. The van der Waals surface area contributed by atoms with E-state index >= 15 is 0 Å². The van der Waals surface area contributed by atoms with E-state index in [2.05, 4.69) is 46.9 Å². The third kappa shape index (κ3) is 3.76. The van der Waals surface area contributed by atoms with Crippen molar-refractivity contribution in [3.8, 4) is 5.75 Å². The average Bonchev–Trinajstić information content (AvgIpc) is 3.47. The van der Waals surface area contributed by atoms with Crippen LogP contribution in [-0.4, -0.2) is 12.0 Å². The third-order valence-electron chi connectivity index (χ3n) is 4.42. The second-order valence-electron chi connectivity index (χ2n) is 5.60. The molecule has 0 spiro atoms. The summed E-state index contributed by atoms with van der Waals surface area (Å²) in [6.07, 6.45) is 3.61. The van der Waals surface area contributed by atoms with Crippen LogP contribution in [-0.2, 0) is 12.8 Å². The quantitative estimate of drug-likeness (QED) is 0.762. The lowest BCUT2D eigenvalue weighted by atomic mass is 9.80. The van der Waals surface area contributed by atoms with E-state index in [0.29, 0.717) is 5.92 Å². The van der Waals surface area contributed by atoms with Gasteiger partial charge in [0.05, 0.1) is 28.8 Å². The first-order valence-electron chi connectivity index (χ1n) is 7.57. The van der Waals surface area contributed by atoms with Gasteiger partial charge in [0.2, 0.25) is 0 Å². The summed E-state index contributed by atoms with van der Waals surface area (Å²) in [5, 5.41) is 0. The number of hydrogen-bond acceptors (Lipinski definition) is 3. The number of anilines is 1. The summed E-state index contributed by atoms with van der Waals surface area (Å²) >= 11 is 0. The predicted molar refractivity (Wildman–Crippen MR) is 102 cm³/mol. The molecule has 2 aromatic rings. The first-order chi connectivity index (χ1) is 11.3. The maximum Gasteiger partial charge on any atom is 0.120 e. The number of benzene rings is 2. The summed E-state index contributed by atoms with van der Waals surface area (Å²) in [7, 11) is 5.94. The maximum absolute atomic E-state index is 6.92. The molecule has 1 aliphatic carbocycles. The Bertz CT molecular complexity index is 715. The van der Waals surface area contributed by atoms with E-state index in [1.807, 2.05) is 0 Å². The molecule has 3 nitrogen and oxygen atoms in total. The van der Waals surface area contributed by atoms with Crippen molar-refractivity contribution >= 4 is 31.2 Å². The zero-order chi connectivity index (χ0) is 16.2. The van der Waals surface area contributed by atoms with Gasteiger partial charge in [-0.05, 0) is 57.4 Å². The van der Waals surface area contributed by atoms with E-state index in [4.69, 9.17) is 9.63 Å². The number of ether oxygens (including phenoxy) is 1. The third-order valence-corrected chi connectivity index (χ3v) is 6.28. The molecule has 0 saturated carbocycles. The maximum atomic E-state index is 6.92. The van der Waals surface area contributed by atoms with Gasteiger partial charge in [0, 0.05) is 6.07 Å². The van der Waals surface area contributed by atoms with Crippen LogP contribution in [0.2, 0.25) is 0 Å². The molecule has 23 heavy (non-hydrogen) atoms. The molecule has 0 bridgehead atoms. The molecule has 0 saturated heterocycles. The molecular weight excluding hydrogens is 343 g/mol. The van der Waals surface area contributed by atoms with Gasteiger partial charge < -0.3 is 9.63 Å². The molecule has 120 valence electrons. The highest BCUT2D eigenvalue weighted by Gasteiger charge is 2.26. The molecule has 6 heteroatoms. The van der Waals surface area contributed by atoms with E-state index in [9.17, 15) is 0 Å². The van der Waals surface area contributed by atoms with E-state index in [-0.39, 0.29) is 0 Å². The lowest BCUT2D eigenvalue weighted by Gasteiger charge is -2.27. The molecule has 1 aliphatic heterocycles. The Hall–Kier alpha value is -0.970. The number of methoxy groups -OCH3 is 1. The monoisotopic (exact) mass is 363 g/mol. The highest BCUT2D eigenvalue weighted by Crippen LogP contribution is 2.53. The van der Waals surface area contributed by atoms with Crippen LogP contribution in [0, 0.1) is 0 Å². The summed E-state index contributed by atoms with van der Waals surface area (Å²) in [5.74, 6) is 1.59. The largest absolute Gasteiger partial charge is 0.497 e. The standard InChI is InChI=1S/C17H17NOP2.H3OP/c1-19-15-8-9-16(17(11-15)18-20-21-18)14-7-6-12-4-2-3-5-13(12)10-14;1-2/h2-5,8-9,11,14H,6-7,10H2,1H3;1H,2H2. The molecule has 2 unspecified atom stereocenters. The molecule has 2 aromatic carbocycles. The summed E-state index contributed by atoms with van der Waals surface area (Å²) in [6.45, 7) is 0. The number of nitrogens with zero attached hydrogens (tertiary/aromatic N) is 1. The van der Waals surface area contributed by atoms with Gasteiger partial charge in [-0.3, -0.25) is 4.44 Å². The second kappa shape index (κ2) is 7.73. The SMILES string of the molecule is COc1ccc(C2CCc3ccccc3C2)c(N2P=P2)c1.OP. The van der Waals surface area contributed by atoms with Crippen molar-refractivity contribution in [2.45, 2.75) is 25.2 Å². The van der Waals surface area contributed by atoms with E-state index in [0.717, 1.165) is 12.2 Å². The average molecular weight is 363 g/mol. The first-order valence-corrected chi connectivity index (χ1v) is 10.5. The highest BCUT2D eigenvalue weighted by molar-refractivity contribution is 8.03. The number of hydrogen-bond donors (Lipinski definition) is 1. The van der Waals surface area contributed by atoms with Crippen molar-refractivity contribution in [2.75, 3.05) is 11.6 Å². The van der Waals surface area contributed by atoms with Crippen LogP contribution in [0.4, 0.5) is 5.69 Å². The fourth-order valence-electron chi connectivity index (χ4n) is 3.25. The van der Waals surface area contributed by atoms with Gasteiger partial charge in [0.15, 0.2) is 0 Å². The Balaban J connectivity index is 0.000000753. The number of aryl methyl sites for hydroxylation is 1. The number of fused-ring (bicyclic) bond motifs is 1. The first kappa shape index (κ1) is 16.9. The van der Waals surface area contributed by atoms with Gasteiger partial charge in [-0.15, -0.1) is 0 Å². The minimum Gasteiger partial charge on any atom is -0.497 e. The topological polar surface area (TPSA) is 32.5 Å². The Kier molecular flexibility index (Phi) is 5.67. The van der Waals surface area contributed by atoms with E-state index in [1.165, 1.54) is 60.7 Å². The number of rotatable bonds is 3. The van der Waals surface area contributed by atoms with Crippen LogP contribution in [0.1, 0.15) is 29.0 Å². The minimum atomic E-state index is 0.631. The molecule has 2 atom stereocenters. The Labute approximate surface area is 142 Å². The fourth-order valence-corrected chi connectivity index (χ4v) is 4.53. The van der Waals surface area contributed by atoms with Crippen molar-refractivity contribution in [3.05, 3.63) is 59.2 Å². The summed E-state index contributed by atoms with van der Waals surface area (Å²) < 4.78 is 7.79. The molecule has 0 radical (unpaired) electrons.